The van der Waals surface area contributed by atoms with Gasteiger partial charge >= 0.3 is 0 Å². The quantitative estimate of drug-likeness (QED) is 0.647. The first-order chi connectivity index (χ1) is 6.10. The highest BCUT2D eigenvalue weighted by atomic mass is 16.5. The van der Waals surface area contributed by atoms with E-state index in [9.17, 15) is 0 Å². The molecule has 0 bridgehead atoms. The van der Waals surface area contributed by atoms with Crippen LogP contribution in [0.3, 0.4) is 0 Å². The molecule has 0 amide bonds. The van der Waals surface area contributed by atoms with Gasteiger partial charge in [0.1, 0.15) is 0 Å². The van der Waals surface area contributed by atoms with Crippen LogP contribution in [0.4, 0.5) is 0 Å². The minimum atomic E-state index is 0.0655. The van der Waals surface area contributed by atoms with E-state index >= 15 is 0 Å². The van der Waals surface area contributed by atoms with Crippen LogP contribution in [-0.4, -0.2) is 35.2 Å². The fourth-order valence-electron chi connectivity index (χ4n) is 1.91. The monoisotopic (exact) mass is 181 g/mol. The van der Waals surface area contributed by atoms with Crippen molar-refractivity contribution >= 4 is 0 Å². The minimum absolute atomic E-state index is 0.0655. The zero-order chi connectivity index (χ0) is 9.47. The summed E-state index contributed by atoms with van der Waals surface area (Å²) in [5.74, 6) is 1.51. The molecule has 13 heavy (non-hydrogen) atoms. The highest BCUT2D eigenvalue weighted by Gasteiger charge is 2.38. The van der Waals surface area contributed by atoms with Crippen molar-refractivity contribution in [3.63, 3.8) is 0 Å². The number of likely N-dealkylation sites (tertiary alicyclic amines) is 1. The van der Waals surface area contributed by atoms with Crippen molar-refractivity contribution in [2.45, 2.75) is 25.7 Å². The fraction of sp³-hybridized carbons (Fsp3) is 0.778. The first-order valence-corrected chi connectivity index (χ1v) is 4.59. The predicted octanol–water partition coefficient (Wildman–Crippen LogP) is 0.971. The third-order valence-electron chi connectivity index (χ3n) is 2.71. The largest absolute Gasteiger partial charge is 0.339 e. The summed E-state index contributed by atoms with van der Waals surface area (Å²) in [5, 5.41) is 3.83. The molecule has 1 fully saturated rings. The number of hydrogen-bond acceptors (Lipinski definition) is 4. The fourth-order valence-corrected chi connectivity index (χ4v) is 1.91. The normalized spacial score (nSPS) is 29.8. The summed E-state index contributed by atoms with van der Waals surface area (Å²) in [6, 6.07) is 0. The standard InChI is InChI=1S/C9H15N3O/c1-7-10-8(13-11-7)9(2)4-5-12(3)6-9/h4-6H2,1-3H3. The summed E-state index contributed by atoms with van der Waals surface area (Å²) in [7, 11) is 2.12. The Bertz CT molecular complexity index is 310. The maximum Gasteiger partial charge on any atom is 0.233 e. The molecule has 0 aromatic carbocycles. The second-order valence-corrected chi connectivity index (χ2v) is 4.20. The molecule has 1 atom stereocenters. The average molecular weight is 181 g/mol. The van der Waals surface area contributed by atoms with Gasteiger partial charge in [0.25, 0.3) is 0 Å². The van der Waals surface area contributed by atoms with E-state index < -0.39 is 0 Å². The Balaban J connectivity index is 2.25. The van der Waals surface area contributed by atoms with E-state index in [2.05, 4.69) is 29.0 Å². The summed E-state index contributed by atoms with van der Waals surface area (Å²) in [4.78, 5) is 6.59. The number of hydrogen-bond donors (Lipinski definition) is 0. The van der Waals surface area contributed by atoms with E-state index in [1.807, 2.05) is 6.92 Å². The molecule has 4 nitrogen and oxygen atoms in total. The lowest BCUT2D eigenvalue weighted by Crippen LogP contribution is -2.26. The molecule has 2 heterocycles. The van der Waals surface area contributed by atoms with Gasteiger partial charge in [-0.3, -0.25) is 0 Å². The number of nitrogens with zero attached hydrogens (tertiary/aromatic N) is 3. The van der Waals surface area contributed by atoms with Gasteiger partial charge in [-0.15, -0.1) is 0 Å². The first kappa shape index (κ1) is 8.69. The highest BCUT2D eigenvalue weighted by molar-refractivity contribution is 5.07. The molecule has 2 rings (SSSR count). The molecule has 1 aromatic heterocycles. The SMILES string of the molecule is Cc1noc(C2(C)CCN(C)C2)n1. The number of rotatable bonds is 1. The maximum atomic E-state index is 5.21. The summed E-state index contributed by atoms with van der Waals surface area (Å²) in [6.07, 6.45) is 1.10. The van der Waals surface area contributed by atoms with Crippen molar-refractivity contribution in [3.05, 3.63) is 11.7 Å². The Morgan fingerprint density at radius 1 is 1.54 bits per heavy atom. The Kier molecular flexibility index (Phi) is 1.87. The van der Waals surface area contributed by atoms with Crippen LogP contribution in [0.2, 0.25) is 0 Å². The molecule has 0 aliphatic carbocycles. The third-order valence-corrected chi connectivity index (χ3v) is 2.71. The van der Waals surface area contributed by atoms with Crippen LogP contribution >= 0.6 is 0 Å². The molecule has 0 saturated carbocycles. The second-order valence-electron chi connectivity index (χ2n) is 4.20. The van der Waals surface area contributed by atoms with Gasteiger partial charge < -0.3 is 9.42 Å². The molecular weight excluding hydrogens is 166 g/mol. The van der Waals surface area contributed by atoms with Gasteiger partial charge in [0, 0.05) is 6.54 Å². The molecule has 1 aliphatic heterocycles. The first-order valence-electron chi connectivity index (χ1n) is 4.59. The molecule has 72 valence electrons. The number of likely N-dealkylation sites (N-methyl/N-ethyl adjacent to an activating group) is 1. The molecule has 0 radical (unpaired) electrons. The lowest BCUT2D eigenvalue weighted by molar-refractivity contribution is 0.287. The zero-order valence-electron chi connectivity index (χ0n) is 8.37. The highest BCUT2D eigenvalue weighted by Crippen LogP contribution is 2.31. The summed E-state index contributed by atoms with van der Waals surface area (Å²) in [5.41, 5.74) is 0.0655. The van der Waals surface area contributed by atoms with Crippen LogP contribution in [0.1, 0.15) is 25.1 Å². The van der Waals surface area contributed by atoms with Gasteiger partial charge in [-0.2, -0.15) is 4.98 Å². The Labute approximate surface area is 77.9 Å². The van der Waals surface area contributed by atoms with Gasteiger partial charge in [0.2, 0.25) is 5.89 Å². The van der Waals surface area contributed by atoms with Crippen molar-refractivity contribution in [1.82, 2.24) is 15.0 Å². The van der Waals surface area contributed by atoms with Crippen LogP contribution in [0.5, 0.6) is 0 Å². The van der Waals surface area contributed by atoms with E-state index in [1.54, 1.807) is 0 Å². The molecule has 1 saturated heterocycles. The minimum Gasteiger partial charge on any atom is -0.339 e. The average Bonchev–Trinajstić information content (AvgIpc) is 2.60. The van der Waals surface area contributed by atoms with Gasteiger partial charge in [-0.1, -0.05) is 5.16 Å². The summed E-state index contributed by atoms with van der Waals surface area (Å²) < 4.78 is 5.21. The van der Waals surface area contributed by atoms with Crippen molar-refractivity contribution in [2.24, 2.45) is 0 Å². The molecule has 1 aromatic rings. The summed E-state index contributed by atoms with van der Waals surface area (Å²) >= 11 is 0. The topological polar surface area (TPSA) is 42.2 Å². The van der Waals surface area contributed by atoms with Gasteiger partial charge in [-0.05, 0) is 33.9 Å². The molecule has 1 unspecified atom stereocenters. The van der Waals surface area contributed by atoms with Gasteiger partial charge in [0.05, 0.1) is 5.41 Å². The van der Waals surface area contributed by atoms with E-state index in [4.69, 9.17) is 4.52 Å². The van der Waals surface area contributed by atoms with Crippen molar-refractivity contribution < 1.29 is 4.52 Å². The van der Waals surface area contributed by atoms with Gasteiger partial charge in [0.15, 0.2) is 5.82 Å². The third kappa shape index (κ3) is 1.46. The van der Waals surface area contributed by atoms with Crippen molar-refractivity contribution in [2.75, 3.05) is 20.1 Å². The van der Waals surface area contributed by atoms with E-state index in [-0.39, 0.29) is 5.41 Å². The zero-order valence-corrected chi connectivity index (χ0v) is 8.37. The molecule has 0 N–H and O–H groups in total. The molecule has 4 heteroatoms. The summed E-state index contributed by atoms with van der Waals surface area (Å²) in [6.45, 7) is 6.16. The van der Waals surface area contributed by atoms with Crippen LogP contribution in [0, 0.1) is 6.92 Å². The smallest absolute Gasteiger partial charge is 0.233 e. The number of aryl methyl sites for hydroxylation is 1. The predicted molar refractivity (Wildman–Crippen MR) is 48.5 cm³/mol. The molecule has 1 aliphatic rings. The lowest BCUT2D eigenvalue weighted by Gasteiger charge is -2.17. The Morgan fingerprint density at radius 2 is 2.31 bits per heavy atom. The van der Waals surface area contributed by atoms with Gasteiger partial charge in [-0.25, -0.2) is 0 Å². The van der Waals surface area contributed by atoms with E-state index in [0.29, 0.717) is 0 Å². The van der Waals surface area contributed by atoms with Crippen molar-refractivity contribution in [1.29, 1.82) is 0 Å². The van der Waals surface area contributed by atoms with Crippen LogP contribution < -0.4 is 0 Å². The van der Waals surface area contributed by atoms with Crippen molar-refractivity contribution in [3.8, 4) is 0 Å². The molecule has 0 spiro atoms. The Hall–Kier alpha value is -0.900. The maximum absolute atomic E-state index is 5.21. The van der Waals surface area contributed by atoms with Crippen LogP contribution in [0.15, 0.2) is 4.52 Å². The van der Waals surface area contributed by atoms with E-state index in [1.165, 1.54) is 0 Å². The Morgan fingerprint density at radius 3 is 2.77 bits per heavy atom. The molecular formula is C9H15N3O. The van der Waals surface area contributed by atoms with Crippen LogP contribution in [-0.2, 0) is 5.41 Å². The second kappa shape index (κ2) is 2.80. The van der Waals surface area contributed by atoms with Crippen LogP contribution in [0.25, 0.3) is 0 Å². The number of aromatic nitrogens is 2. The lowest BCUT2D eigenvalue weighted by atomic mass is 9.90. The van der Waals surface area contributed by atoms with E-state index in [0.717, 1.165) is 31.2 Å².